The Morgan fingerprint density at radius 2 is 1.81 bits per heavy atom. The van der Waals surface area contributed by atoms with Gasteiger partial charge in [-0.05, 0) is 61.4 Å². The third-order valence-corrected chi connectivity index (χ3v) is 5.99. The predicted octanol–water partition coefficient (Wildman–Crippen LogP) is 4.25. The molecule has 3 aromatic rings. The summed E-state index contributed by atoms with van der Waals surface area (Å²) < 4.78 is 13.2. The first-order chi connectivity index (χ1) is 12.7. The quantitative estimate of drug-likeness (QED) is 0.752. The average molecular weight is 349 g/mol. The number of benzene rings is 2. The zero-order valence-electron chi connectivity index (χ0n) is 14.4. The summed E-state index contributed by atoms with van der Waals surface area (Å²) in [6.45, 7) is 0. The fourth-order valence-corrected chi connectivity index (χ4v) is 4.79. The highest BCUT2D eigenvalue weighted by atomic mass is 19.1. The van der Waals surface area contributed by atoms with E-state index in [9.17, 15) is 9.18 Å². The van der Waals surface area contributed by atoms with Crippen molar-refractivity contribution in [3.05, 3.63) is 65.7 Å². The Bertz CT molecular complexity index is 951. The van der Waals surface area contributed by atoms with Crippen LogP contribution in [0.25, 0.3) is 11.0 Å². The molecule has 1 amide bonds. The van der Waals surface area contributed by atoms with Crippen molar-refractivity contribution in [1.82, 2.24) is 14.9 Å². The maximum Gasteiger partial charge on any atom is 0.256 e. The smallest absolute Gasteiger partial charge is 0.256 e. The van der Waals surface area contributed by atoms with Gasteiger partial charge in [0.1, 0.15) is 11.3 Å². The molecule has 5 rings (SSSR count). The zero-order chi connectivity index (χ0) is 17.7. The van der Waals surface area contributed by atoms with Gasteiger partial charge in [0.25, 0.3) is 5.91 Å². The van der Waals surface area contributed by atoms with Crippen LogP contribution in [0.3, 0.4) is 0 Å². The molecule has 3 heterocycles. The number of fused-ring (bicyclic) bond motifs is 3. The van der Waals surface area contributed by atoms with Crippen molar-refractivity contribution in [2.45, 2.75) is 43.7 Å². The van der Waals surface area contributed by atoms with Crippen molar-refractivity contribution in [1.29, 1.82) is 0 Å². The monoisotopic (exact) mass is 349 g/mol. The third-order valence-electron chi connectivity index (χ3n) is 5.99. The lowest BCUT2D eigenvalue weighted by Crippen LogP contribution is -2.46. The van der Waals surface area contributed by atoms with Crippen molar-refractivity contribution >= 4 is 16.9 Å². The number of amides is 1. The van der Waals surface area contributed by atoms with E-state index in [4.69, 9.17) is 0 Å². The number of nitrogens with zero attached hydrogens (tertiary/aromatic N) is 2. The topological polar surface area (TPSA) is 49.0 Å². The number of nitrogens with one attached hydrogen (secondary N) is 1. The number of para-hydroxylation sites is 1. The molecule has 2 aliphatic rings. The van der Waals surface area contributed by atoms with E-state index in [1.165, 1.54) is 17.7 Å². The van der Waals surface area contributed by atoms with Crippen LogP contribution in [-0.2, 0) is 0 Å². The second-order valence-electron chi connectivity index (χ2n) is 7.42. The van der Waals surface area contributed by atoms with Crippen LogP contribution in [0.4, 0.5) is 4.39 Å². The van der Waals surface area contributed by atoms with Gasteiger partial charge >= 0.3 is 0 Å². The van der Waals surface area contributed by atoms with Crippen LogP contribution in [0.2, 0.25) is 0 Å². The van der Waals surface area contributed by atoms with Crippen molar-refractivity contribution in [3.8, 4) is 0 Å². The first-order valence-corrected chi connectivity index (χ1v) is 9.21. The fraction of sp³-hybridized carbons (Fsp3) is 0.333. The van der Waals surface area contributed by atoms with Crippen molar-refractivity contribution in [2.24, 2.45) is 0 Å². The minimum Gasteiger partial charge on any atom is -0.345 e. The molecule has 2 aliphatic heterocycles. The zero-order valence-corrected chi connectivity index (χ0v) is 14.4. The summed E-state index contributed by atoms with van der Waals surface area (Å²) >= 11 is 0. The molecule has 1 N–H and O–H groups in total. The number of imidazole rings is 1. The van der Waals surface area contributed by atoms with Gasteiger partial charge in [0.05, 0.1) is 17.4 Å². The number of H-pyrrole nitrogens is 1. The molecule has 0 aliphatic carbocycles. The van der Waals surface area contributed by atoms with Gasteiger partial charge in [-0.3, -0.25) is 4.79 Å². The molecule has 26 heavy (non-hydrogen) atoms. The van der Waals surface area contributed by atoms with E-state index < -0.39 is 0 Å². The number of carbonyl (C=O) groups is 1. The van der Waals surface area contributed by atoms with Crippen LogP contribution < -0.4 is 0 Å². The summed E-state index contributed by atoms with van der Waals surface area (Å²) in [6.07, 6.45) is 5.63. The van der Waals surface area contributed by atoms with E-state index in [0.29, 0.717) is 11.5 Å². The number of hydrogen-bond donors (Lipinski definition) is 1. The highest BCUT2D eigenvalue weighted by molar-refractivity contribution is 6.05. The highest BCUT2D eigenvalue weighted by Gasteiger charge is 2.44. The Morgan fingerprint density at radius 3 is 2.54 bits per heavy atom. The normalized spacial score (nSPS) is 25.0. The Balaban J connectivity index is 1.43. The SMILES string of the molecule is O=C(c1cccc2[nH]cnc12)N1[C@@H]2CC[C@H]1CC(c1ccc(F)cc1)C2. The maximum atomic E-state index is 13.3. The molecule has 2 saturated heterocycles. The van der Waals surface area contributed by atoms with Crippen LogP contribution in [0.5, 0.6) is 0 Å². The molecule has 4 nitrogen and oxygen atoms in total. The Kier molecular flexibility index (Phi) is 3.55. The molecule has 132 valence electrons. The number of carbonyl (C=O) groups excluding carboxylic acids is 1. The molecule has 1 aromatic heterocycles. The van der Waals surface area contributed by atoms with Crippen LogP contribution in [0.15, 0.2) is 48.8 Å². The molecule has 0 saturated carbocycles. The van der Waals surface area contributed by atoms with E-state index >= 15 is 0 Å². The second-order valence-corrected chi connectivity index (χ2v) is 7.42. The van der Waals surface area contributed by atoms with E-state index in [0.717, 1.165) is 36.7 Å². The van der Waals surface area contributed by atoms with Crippen molar-refractivity contribution < 1.29 is 9.18 Å². The Hall–Kier alpha value is -2.69. The number of aromatic nitrogens is 2. The minimum absolute atomic E-state index is 0.0905. The average Bonchev–Trinajstić information content (AvgIpc) is 3.23. The summed E-state index contributed by atoms with van der Waals surface area (Å²) in [7, 11) is 0. The first-order valence-electron chi connectivity index (χ1n) is 9.21. The second kappa shape index (κ2) is 5.94. The molecule has 0 spiro atoms. The van der Waals surface area contributed by atoms with Gasteiger partial charge in [-0.15, -0.1) is 0 Å². The Morgan fingerprint density at radius 1 is 1.08 bits per heavy atom. The molecule has 5 heteroatoms. The fourth-order valence-electron chi connectivity index (χ4n) is 4.79. The summed E-state index contributed by atoms with van der Waals surface area (Å²) in [5.74, 6) is 0.294. The standard InChI is InChI=1S/C21H20FN3O/c22-15-6-4-13(5-7-15)14-10-16-8-9-17(11-14)25(16)21(26)18-2-1-3-19-20(18)24-12-23-19/h1-7,12,14,16-17H,8-11H2,(H,23,24)/t14?,16-,17+. The highest BCUT2D eigenvalue weighted by Crippen LogP contribution is 2.44. The van der Waals surface area contributed by atoms with Crippen LogP contribution >= 0.6 is 0 Å². The summed E-state index contributed by atoms with van der Waals surface area (Å²) in [5.41, 5.74) is 3.51. The van der Waals surface area contributed by atoms with Gasteiger partial charge in [-0.2, -0.15) is 0 Å². The largest absolute Gasteiger partial charge is 0.345 e. The lowest BCUT2D eigenvalue weighted by Gasteiger charge is -2.39. The molecular weight excluding hydrogens is 329 g/mol. The summed E-state index contributed by atoms with van der Waals surface area (Å²) in [6, 6.07) is 13.1. The lowest BCUT2D eigenvalue weighted by molar-refractivity contribution is 0.0573. The summed E-state index contributed by atoms with van der Waals surface area (Å²) in [5, 5.41) is 0. The Labute approximate surface area is 151 Å². The van der Waals surface area contributed by atoms with Gasteiger partial charge in [0.15, 0.2) is 0 Å². The minimum atomic E-state index is -0.198. The number of aromatic amines is 1. The molecule has 0 radical (unpaired) electrons. The first kappa shape index (κ1) is 15.6. The van der Waals surface area contributed by atoms with Crippen LogP contribution in [0.1, 0.15) is 47.5 Å². The van der Waals surface area contributed by atoms with Crippen molar-refractivity contribution in [3.63, 3.8) is 0 Å². The maximum absolute atomic E-state index is 13.3. The molecule has 2 bridgehead atoms. The molecule has 2 fully saturated rings. The van der Waals surface area contributed by atoms with Gasteiger partial charge in [-0.25, -0.2) is 9.37 Å². The van der Waals surface area contributed by atoms with Gasteiger partial charge in [-0.1, -0.05) is 18.2 Å². The van der Waals surface area contributed by atoms with E-state index in [-0.39, 0.29) is 23.8 Å². The number of halogens is 1. The summed E-state index contributed by atoms with van der Waals surface area (Å²) in [4.78, 5) is 22.8. The van der Waals surface area contributed by atoms with Gasteiger partial charge in [0.2, 0.25) is 0 Å². The van der Waals surface area contributed by atoms with E-state index in [1.54, 1.807) is 6.33 Å². The van der Waals surface area contributed by atoms with E-state index in [1.807, 2.05) is 30.3 Å². The third kappa shape index (κ3) is 2.42. The van der Waals surface area contributed by atoms with Gasteiger partial charge in [0, 0.05) is 12.1 Å². The predicted molar refractivity (Wildman–Crippen MR) is 97.4 cm³/mol. The van der Waals surface area contributed by atoms with Crippen LogP contribution in [-0.4, -0.2) is 32.9 Å². The van der Waals surface area contributed by atoms with Gasteiger partial charge < -0.3 is 9.88 Å². The molecule has 2 aromatic carbocycles. The number of piperidine rings is 1. The molecular formula is C21H20FN3O. The number of rotatable bonds is 2. The van der Waals surface area contributed by atoms with E-state index in [2.05, 4.69) is 14.9 Å². The number of hydrogen-bond acceptors (Lipinski definition) is 2. The lowest BCUT2D eigenvalue weighted by atomic mass is 9.84. The molecule has 1 unspecified atom stereocenters. The molecule has 3 atom stereocenters. The van der Waals surface area contributed by atoms with Crippen LogP contribution in [0, 0.1) is 5.82 Å². The van der Waals surface area contributed by atoms with Crippen molar-refractivity contribution in [2.75, 3.05) is 0 Å².